The van der Waals surface area contributed by atoms with Crippen LogP contribution in [0.25, 0.3) is 0 Å². The van der Waals surface area contributed by atoms with Gasteiger partial charge in [0.15, 0.2) is 17.3 Å². The first-order valence-electron chi connectivity index (χ1n) is 9.49. The van der Waals surface area contributed by atoms with Gasteiger partial charge in [-0.2, -0.15) is 0 Å². The van der Waals surface area contributed by atoms with Crippen molar-refractivity contribution in [2.45, 2.75) is 64.6 Å². The first kappa shape index (κ1) is 25.1. The Bertz CT molecular complexity index is 792. The minimum absolute atomic E-state index is 0.0340. The zero-order chi connectivity index (χ0) is 23.3. The van der Waals surface area contributed by atoms with E-state index >= 15 is 0 Å². The summed E-state index contributed by atoms with van der Waals surface area (Å²) in [6, 6.07) is 0.271. The lowest BCUT2D eigenvalue weighted by molar-refractivity contribution is -0.123. The highest BCUT2D eigenvalue weighted by Crippen LogP contribution is 2.29. The highest BCUT2D eigenvalue weighted by Gasteiger charge is 2.36. The third-order valence-electron chi connectivity index (χ3n) is 4.25. The molecule has 0 radical (unpaired) electrons. The molecule has 0 bridgehead atoms. The van der Waals surface area contributed by atoms with Crippen LogP contribution in [0.15, 0.2) is 6.07 Å². The molecule has 2 amide bonds. The Morgan fingerprint density at radius 2 is 1.94 bits per heavy atom. The Labute approximate surface area is 182 Å². The van der Waals surface area contributed by atoms with Crippen LogP contribution in [0.5, 0.6) is 0 Å². The SMILES string of the molecule is CC(C)(C)C(=O)Nc1cc([C@@H](COC2CC2)NC(F)C(OC(N)=O)C(F)F)c(Cl)nn1. The smallest absolute Gasteiger partial charge is 0.405 e. The maximum atomic E-state index is 14.6. The van der Waals surface area contributed by atoms with E-state index in [1.54, 1.807) is 20.8 Å². The van der Waals surface area contributed by atoms with Crippen molar-refractivity contribution < 1.29 is 32.2 Å². The van der Waals surface area contributed by atoms with Gasteiger partial charge in [-0.25, -0.2) is 18.0 Å². The van der Waals surface area contributed by atoms with Crippen LogP contribution in [0, 0.1) is 5.41 Å². The topological polar surface area (TPSA) is 128 Å². The van der Waals surface area contributed by atoms with Gasteiger partial charge in [0.25, 0.3) is 6.43 Å². The summed E-state index contributed by atoms with van der Waals surface area (Å²) in [4.78, 5) is 23.1. The minimum atomic E-state index is -3.34. The average Bonchev–Trinajstić information content (AvgIpc) is 3.48. The molecule has 0 aliphatic heterocycles. The summed E-state index contributed by atoms with van der Waals surface area (Å²) in [5, 5.41) is 12.2. The average molecular weight is 468 g/mol. The van der Waals surface area contributed by atoms with E-state index in [4.69, 9.17) is 22.1 Å². The van der Waals surface area contributed by atoms with E-state index in [2.05, 4.69) is 25.6 Å². The van der Waals surface area contributed by atoms with Gasteiger partial charge in [0.05, 0.1) is 18.8 Å². The van der Waals surface area contributed by atoms with Crippen LogP contribution < -0.4 is 16.4 Å². The quantitative estimate of drug-likeness (QED) is 0.451. The molecule has 1 aromatic heterocycles. The highest BCUT2D eigenvalue weighted by atomic mass is 35.5. The van der Waals surface area contributed by atoms with Gasteiger partial charge in [-0.05, 0) is 18.9 Å². The number of hydrogen-bond donors (Lipinski definition) is 3. The summed E-state index contributed by atoms with van der Waals surface area (Å²) in [7, 11) is 0. The molecule has 4 N–H and O–H groups in total. The summed E-state index contributed by atoms with van der Waals surface area (Å²) in [6.45, 7) is 4.93. The van der Waals surface area contributed by atoms with E-state index < -0.39 is 36.4 Å². The summed E-state index contributed by atoms with van der Waals surface area (Å²) in [5.74, 6) is -0.323. The number of aromatic nitrogens is 2. The van der Waals surface area contributed by atoms with E-state index in [-0.39, 0.29) is 35.2 Å². The van der Waals surface area contributed by atoms with Gasteiger partial charge in [-0.15, -0.1) is 10.2 Å². The number of rotatable bonds is 10. The second-order valence-corrected chi connectivity index (χ2v) is 8.43. The van der Waals surface area contributed by atoms with Gasteiger partial charge in [-0.3, -0.25) is 10.1 Å². The summed E-state index contributed by atoms with van der Waals surface area (Å²) < 4.78 is 50.7. The molecule has 1 aromatic rings. The lowest BCUT2D eigenvalue weighted by Crippen LogP contribution is -2.46. The number of carbonyl (C=O) groups excluding carboxylic acids is 2. The molecule has 1 fully saturated rings. The molecule has 0 spiro atoms. The molecule has 1 heterocycles. The second kappa shape index (κ2) is 10.4. The third-order valence-corrected chi connectivity index (χ3v) is 4.54. The number of alkyl halides is 3. The van der Waals surface area contributed by atoms with Crippen molar-refractivity contribution in [3.8, 4) is 0 Å². The van der Waals surface area contributed by atoms with Crippen molar-refractivity contribution in [2.75, 3.05) is 11.9 Å². The van der Waals surface area contributed by atoms with Gasteiger partial charge in [0.2, 0.25) is 12.0 Å². The fourth-order valence-electron chi connectivity index (χ4n) is 2.36. The number of anilines is 1. The van der Waals surface area contributed by atoms with Gasteiger partial charge >= 0.3 is 6.09 Å². The van der Waals surface area contributed by atoms with Crippen molar-refractivity contribution in [2.24, 2.45) is 11.1 Å². The van der Waals surface area contributed by atoms with Crippen LogP contribution in [-0.4, -0.2) is 53.7 Å². The molecule has 0 saturated heterocycles. The molecule has 13 heteroatoms. The molecule has 2 rings (SSSR count). The van der Waals surface area contributed by atoms with E-state index in [9.17, 15) is 22.8 Å². The normalized spacial score (nSPS) is 17.2. The number of nitrogens with one attached hydrogen (secondary N) is 2. The maximum Gasteiger partial charge on any atom is 0.405 e. The summed E-state index contributed by atoms with van der Waals surface area (Å²) in [6.07, 6.45) is -8.25. The largest absolute Gasteiger partial charge is 0.436 e. The fraction of sp³-hybridized carbons (Fsp3) is 0.667. The van der Waals surface area contributed by atoms with Crippen molar-refractivity contribution in [1.82, 2.24) is 15.5 Å². The Kier molecular flexibility index (Phi) is 8.43. The van der Waals surface area contributed by atoms with Gasteiger partial charge in [-0.1, -0.05) is 32.4 Å². The lowest BCUT2D eigenvalue weighted by atomic mass is 9.96. The van der Waals surface area contributed by atoms with Crippen molar-refractivity contribution >= 4 is 29.4 Å². The van der Waals surface area contributed by atoms with Crippen LogP contribution in [-0.2, 0) is 14.3 Å². The van der Waals surface area contributed by atoms with E-state index in [0.717, 1.165) is 12.8 Å². The lowest BCUT2D eigenvalue weighted by Gasteiger charge is -2.26. The predicted octanol–water partition coefficient (Wildman–Crippen LogP) is 2.95. The Morgan fingerprint density at radius 3 is 2.45 bits per heavy atom. The molecule has 0 aromatic carbocycles. The standard InChI is InChI=1S/C18H25ClF3N5O4/c1-18(2,3)16(28)25-11-6-9(13(19)27-26-11)10(7-30-8-4-5-8)24-15(22)12(14(20)21)31-17(23)29/h6,8,10,12,14-15,24H,4-5,7H2,1-3H3,(H2,23,29)(H,25,26,28)/t10-,12?,15?/m1/s1. The number of carbonyl (C=O) groups is 2. The monoisotopic (exact) mass is 467 g/mol. The molecule has 31 heavy (non-hydrogen) atoms. The predicted molar refractivity (Wildman–Crippen MR) is 105 cm³/mol. The Balaban J connectivity index is 2.26. The maximum absolute atomic E-state index is 14.6. The minimum Gasteiger partial charge on any atom is -0.436 e. The van der Waals surface area contributed by atoms with E-state index in [1.807, 2.05) is 0 Å². The molecule has 3 atom stereocenters. The van der Waals surface area contributed by atoms with Crippen LogP contribution >= 0.6 is 11.6 Å². The molecule has 2 unspecified atom stereocenters. The van der Waals surface area contributed by atoms with Crippen molar-refractivity contribution in [1.29, 1.82) is 0 Å². The Hall–Kier alpha value is -2.18. The van der Waals surface area contributed by atoms with Crippen LogP contribution in [0.3, 0.4) is 0 Å². The van der Waals surface area contributed by atoms with Gasteiger partial charge in [0, 0.05) is 11.0 Å². The molecular formula is C18H25ClF3N5O4. The summed E-state index contributed by atoms with van der Waals surface area (Å²) in [5.41, 5.74) is 4.17. The van der Waals surface area contributed by atoms with Crippen LogP contribution in [0.1, 0.15) is 45.2 Å². The van der Waals surface area contributed by atoms with Crippen LogP contribution in [0.4, 0.5) is 23.8 Å². The van der Waals surface area contributed by atoms with Crippen molar-refractivity contribution in [3.05, 3.63) is 16.8 Å². The van der Waals surface area contributed by atoms with Crippen molar-refractivity contribution in [3.63, 3.8) is 0 Å². The number of ether oxygens (including phenoxy) is 2. The molecule has 9 nitrogen and oxygen atoms in total. The number of nitrogens with zero attached hydrogens (tertiary/aromatic N) is 2. The molecule has 174 valence electrons. The highest BCUT2D eigenvalue weighted by molar-refractivity contribution is 6.30. The molecule has 1 saturated carbocycles. The van der Waals surface area contributed by atoms with E-state index in [0.29, 0.717) is 0 Å². The number of hydrogen-bond acceptors (Lipinski definition) is 7. The second-order valence-electron chi connectivity index (χ2n) is 8.07. The first-order chi connectivity index (χ1) is 14.4. The molecule has 1 aliphatic carbocycles. The molecule has 1 aliphatic rings. The summed E-state index contributed by atoms with van der Waals surface area (Å²) >= 11 is 6.10. The molecular weight excluding hydrogens is 443 g/mol. The van der Waals surface area contributed by atoms with Crippen LogP contribution in [0.2, 0.25) is 5.15 Å². The number of primary amides is 1. The first-order valence-corrected chi connectivity index (χ1v) is 9.86. The zero-order valence-electron chi connectivity index (χ0n) is 17.2. The fourth-order valence-corrected chi connectivity index (χ4v) is 2.58. The number of nitrogens with two attached hydrogens (primary N) is 1. The van der Waals surface area contributed by atoms with E-state index in [1.165, 1.54) is 6.07 Å². The van der Waals surface area contributed by atoms with Gasteiger partial charge < -0.3 is 20.5 Å². The number of amides is 2. The third kappa shape index (κ3) is 7.78. The zero-order valence-corrected chi connectivity index (χ0v) is 18.0. The number of halogens is 4. The van der Waals surface area contributed by atoms with Gasteiger partial charge in [0.1, 0.15) is 0 Å². The Morgan fingerprint density at radius 1 is 1.29 bits per heavy atom.